The molecular weight excluding hydrogens is 222 g/mol. The van der Waals surface area contributed by atoms with E-state index in [1.165, 1.54) is 58.2 Å². The minimum absolute atomic E-state index is 0.693. The quantitative estimate of drug-likeness (QED) is 0.707. The van der Waals surface area contributed by atoms with Gasteiger partial charge in [-0.05, 0) is 25.8 Å². The third kappa shape index (κ3) is 4.87. The van der Waals surface area contributed by atoms with Gasteiger partial charge in [-0.15, -0.1) is 0 Å². The number of nitrogens with zero attached hydrogens (tertiary/aromatic N) is 1. The van der Waals surface area contributed by atoms with Gasteiger partial charge in [0, 0.05) is 38.8 Å². The zero-order valence-corrected chi connectivity index (χ0v) is 12.1. The third-order valence-corrected chi connectivity index (χ3v) is 4.67. The summed E-state index contributed by atoms with van der Waals surface area (Å²) in [5.74, 6) is 1.01. The molecule has 1 atom stereocenters. The average Bonchev–Trinajstić information content (AvgIpc) is 2.45. The van der Waals surface area contributed by atoms with Crippen molar-refractivity contribution in [3.05, 3.63) is 0 Å². The zero-order valence-electron chi connectivity index (χ0n) is 12.1. The number of nitrogens with one attached hydrogen (secondary N) is 2. The Labute approximate surface area is 113 Å². The van der Waals surface area contributed by atoms with Crippen LogP contribution in [-0.2, 0) is 0 Å². The Morgan fingerprint density at radius 1 is 1.17 bits per heavy atom. The maximum atomic E-state index is 3.67. The van der Waals surface area contributed by atoms with Crippen LogP contribution in [0.25, 0.3) is 0 Å². The maximum absolute atomic E-state index is 3.67. The zero-order chi connectivity index (χ0) is 12.6. The van der Waals surface area contributed by atoms with Gasteiger partial charge in [-0.2, -0.15) is 0 Å². The van der Waals surface area contributed by atoms with E-state index in [-0.39, 0.29) is 0 Å². The molecule has 0 radical (unpaired) electrons. The van der Waals surface area contributed by atoms with E-state index >= 15 is 0 Å². The molecule has 0 aromatic heterocycles. The molecule has 0 amide bonds. The van der Waals surface area contributed by atoms with Gasteiger partial charge < -0.3 is 10.6 Å². The van der Waals surface area contributed by atoms with E-state index in [2.05, 4.69) is 22.5 Å². The van der Waals surface area contributed by atoms with Crippen molar-refractivity contribution < 1.29 is 0 Å². The molecule has 106 valence electrons. The predicted molar refractivity (Wildman–Crippen MR) is 78.0 cm³/mol. The second-order valence-corrected chi connectivity index (χ2v) is 6.13. The van der Waals surface area contributed by atoms with Gasteiger partial charge in [-0.1, -0.05) is 32.1 Å². The van der Waals surface area contributed by atoms with Gasteiger partial charge >= 0.3 is 0 Å². The largest absolute Gasteiger partial charge is 0.315 e. The highest BCUT2D eigenvalue weighted by Gasteiger charge is 2.16. The Balaban J connectivity index is 1.51. The first-order valence-corrected chi connectivity index (χ1v) is 8.02. The fourth-order valence-electron chi connectivity index (χ4n) is 3.34. The second kappa shape index (κ2) is 8.13. The smallest absolute Gasteiger partial charge is 0.0193 e. The van der Waals surface area contributed by atoms with Gasteiger partial charge in [0.1, 0.15) is 0 Å². The molecule has 0 spiro atoms. The van der Waals surface area contributed by atoms with Gasteiger partial charge in [0.25, 0.3) is 0 Å². The lowest BCUT2D eigenvalue weighted by Crippen LogP contribution is -2.50. The number of rotatable bonds is 6. The Bertz CT molecular complexity index is 208. The van der Waals surface area contributed by atoms with E-state index in [1.807, 2.05) is 0 Å². The molecule has 1 saturated heterocycles. The molecule has 1 unspecified atom stereocenters. The maximum Gasteiger partial charge on any atom is 0.0193 e. The van der Waals surface area contributed by atoms with Gasteiger partial charge in [-0.3, -0.25) is 4.90 Å². The summed E-state index contributed by atoms with van der Waals surface area (Å²) in [4.78, 5) is 2.60. The van der Waals surface area contributed by atoms with Gasteiger partial charge in [0.15, 0.2) is 0 Å². The molecule has 1 aliphatic carbocycles. The Morgan fingerprint density at radius 2 is 1.89 bits per heavy atom. The molecule has 18 heavy (non-hydrogen) atoms. The third-order valence-electron chi connectivity index (χ3n) is 4.67. The van der Waals surface area contributed by atoms with Crippen LogP contribution in [0.2, 0.25) is 0 Å². The molecule has 2 rings (SSSR count). The number of hydrogen-bond acceptors (Lipinski definition) is 3. The van der Waals surface area contributed by atoms with Crippen LogP contribution in [-0.4, -0.2) is 50.2 Å². The summed E-state index contributed by atoms with van der Waals surface area (Å²) in [6.45, 7) is 9.49. The minimum atomic E-state index is 0.693. The monoisotopic (exact) mass is 253 g/mol. The first-order valence-electron chi connectivity index (χ1n) is 8.02. The van der Waals surface area contributed by atoms with Crippen molar-refractivity contribution in [1.29, 1.82) is 0 Å². The van der Waals surface area contributed by atoms with Crippen LogP contribution >= 0.6 is 0 Å². The Kier molecular flexibility index (Phi) is 6.46. The molecule has 1 heterocycles. The summed E-state index contributed by atoms with van der Waals surface area (Å²) in [7, 11) is 0. The van der Waals surface area contributed by atoms with Crippen LogP contribution in [0, 0.1) is 5.92 Å². The van der Waals surface area contributed by atoms with Crippen molar-refractivity contribution >= 4 is 0 Å². The van der Waals surface area contributed by atoms with E-state index in [9.17, 15) is 0 Å². The van der Waals surface area contributed by atoms with E-state index in [0.717, 1.165) is 25.6 Å². The number of hydrogen-bond donors (Lipinski definition) is 2. The molecule has 0 aromatic carbocycles. The molecule has 1 aliphatic heterocycles. The van der Waals surface area contributed by atoms with Crippen molar-refractivity contribution in [2.45, 2.75) is 51.5 Å². The summed E-state index contributed by atoms with van der Waals surface area (Å²) in [5.41, 5.74) is 0. The Hall–Kier alpha value is -0.120. The molecule has 0 bridgehead atoms. The van der Waals surface area contributed by atoms with Crippen molar-refractivity contribution in [3.63, 3.8) is 0 Å². The van der Waals surface area contributed by atoms with E-state index in [4.69, 9.17) is 0 Å². The van der Waals surface area contributed by atoms with E-state index in [0.29, 0.717) is 6.04 Å². The highest BCUT2D eigenvalue weighted by Crippen LogP contribution is 2.25. The van der Waals surface area contributed by atoms with Crippen LogP contribution in [0.1, 0.15) is 45.4 Å². The van der Waals surface area contributed by atoms with Crippen LogP contribution in [0.4, 0.5) is 0 Å². The fourth-order valence-corrected chi connectivity index (χ4v) is 3.34. The minimum Gasteiger partial charge on any atom is -0.315 e. The normalized spacial score (nSPS) is 25.2. The standard InChI is InChI=1S/C15H31N3/c1-14(18-11-9-16-10-12-18)13-17-8-7-15-5-3-2-4-6-15/h14-17H,2-13H2,1H3. The first-order chi connectivity index (χ1) is 8.86. The molecule has 3 heteroatoms. The van der Waals surface area contributed by atoms with Crippen molar-refractivity contribution in [2.75, 3.05) is 39.3 Å². The first kappa shape index (κ1) is 14.3. The highest BCUT2D eigenvalue weighted by atomic mass is 15.2. The topological polar surface area (TPSA) is 27.3 Å². The number of piperazine rings is 1. The van der Waals surface area contributed by atoms with Gasteiger partial charge in [-0.25, -0.2) is 0 Å². The highest BCUT2D eigenvalue weighted by molar-refractivity contribution is 4.75. The lowest BCUT2D eigenvalue weighted by molar-refractivity contribution is 0.180. The van der Waals surface area contributed by atoms with Gasteiger partial charge in [0.2, 0.25) is 0 Å². The van der Waals surface area contributed by atoms with Crippen LogP contribution in [0.5, 0.6) is 0 Å². The summed E-state index contributed by atoms with van der Waals surface area (Å²) in [5, 5.41) is 7.09. The van der Waals surface area contributed by atoms with Crippen LogP contribution in [0.15, 0.2) is 0 Å². The molecule has 1 saturated carbocycles. The lowest BCUT2D eigenvalue weighted by atomic mass is 9.87. The summed E-state index contributed by atoms with van der Waals surface area (Å²) < 4.78 is 0. The molecule has 3 nitrogen and oxygen atoms in total. The summed E-state index contributed by atoms with van der Waals surface area (Å²) in [6, 6.07) is 0.693. The molecule has 2 aliphatic rings. The van der Waals surface area contributed by atoms with Crippen LogP contribution < -0.4 is 10.6 Å². The SMILES string of the molecule is CC(CNCCC1CCCCC1)N1CCNCC1. The summed E-state index contributed by atoms with van der Waals surface area (Å²) in [6.07, 6.45) is 8.78. The molecule has 0 aromatic rings. The van der Waals surface area contributed by atoms with E-state index in [1.54, 1.807) is 0 Å². The molecule has 2 N–H and O–H groups in total. The van der Waals surface area contributed by atoms with Crippen molar-refractivity contribution in [1.82, 2.24) is 15.5 Å². The average molecular weight is 253 g/mol. The lowest BCUT2D eigenvalue weighted by Gasteiger charge is -2.33. The molecular formula is C15H31N3. The van der Waals surface area contributed by atoms with Crippen LogP contribution in [0.3, 0.4) is 0 Å². The van der Waals surface area contributed by atoms with Crippen molar-refractivity contribution in [2.24, 2.45) is 5.92 Å². The summed E-state index contributed by atoms with van der Waals surface area (Å²) >= 11 is 0. The van der Waals surface area contributed by atoms with Crippen molar-refractivity contribution in [3.8, 4) is 0 Å². The molecule has 2 fully saturated rings. The second-order valence-electron chi connectivity index (χ2n) is 6.13. The van der Waals surface area contributed by atoms with E-state index < -0.39 is 0 Å². The van der Waals surface area contributed by atoms with Gasteiger partial charge in [0.05, 0.1) is 0 Å². The Morgan fingerprint density at radius 3 is 2.61 bits per heavy atom. The fraction of sp³-hybridized carbons (Fsp3) is 1.00. The predicted octanol–water partition coefficient (Wildman–Crippen LogP) is 1.84.